The molecule has 29 heavy (non-hydrogen) atoms. The first-order chi connectivity index (χ1) is 13.6. The van der Waals surface area contributed by atoms with E-state index < -0.39 is 11.9 Å². The summed E-state index contributed by atoms with van der Waals surface area (Å²) in [5, 5.41) is 1.28. The normalized spacial score (nSPS) is 16.9. The minimum Gasteiger partial charge on any atom is -0.343 e. The maximum atomic E-state index is 12.8. The monoisotopic (exact) mass is 401 g/mol. The summed E-state index contributed by atoms with van der Waals surface area (Å²) in [7, 11) is 2.15. The summed E-state index contributed by atoms with van der Waals surface area (Å²) < 4.78 is 40.7. The highest BCUT2D eigenvalue weighted by Gasteiger charge is 2.35. The molecule has 3 heterocycles. The summed E-state index contributed by atoms with van der Waals surface area (Å²) in [6, 6.07) is 9.15. The second-order valence-electron chi connectivity index (χ2n) is 8.86. The third-order valence-corrected chi connectivity index (χ3v) is 5.80. The van der Waals surface area contributed by atoms with Crippen molar-refractivity contribution >= 4 is 10.9 Å². The summed E-state index contributed by atoms with van der Waals surface area (Å²) in [6.45, 7) is 9.24. The number of likely N-dealkylation sites (N-methyl/N-ethyl adjacent to an activating group) is 1. The molecule has 0 fully saturated rings. The minimum absolute atomic E-state index is 0.00630. The Morgan fingerprint density at radius 1 is 1.14 bits per heavy atom. The molecule has 0 unspecified atom stereocenters. The fraction of sp³-hybridized carbons (Fsp3) is 0.435. The molecule has 6 heteroatoms. The van der Waals surface area contributed by atoms with Gasteiger partial charge in [-0.05, 0) is 49.7 Å². The van der Waals surface area contributed by atoms with Crippen molar-refractivity contribution in [2.75, 3.05) is 13.6 Å². The Kier molecular flexibility index (Phi) is 4.73. The average molecular weight is 401 g/mol. The Labute approximate surface area is 169 Å². The van der Waals surface area contributed by atoms with Crippen LogP contribution in [0.15, 0.2) is 36.5 Å². The topological polar surface area (TPSA) is 21.1 Å². The molecule has 0 radical (unpaired) electrons. The van der Waals surface area contributed by atoms with Crippen LogP contribution < -0.4 is 0 Å². The van der Waals surface area contributed by atoms with Crippen LogP contribution in [0.25, 0.3) is 10.9 Å². The standard InChI is InChI=1S/C23H26F3N3/c1-15-5-7-19-17(11-15)18-13-28(4)14-22(2,3)21(18)29(19)10-9-16-6-8-20(27-12-16)23(24,25)26/h5-8,11-12H,9-10,13-14H2,1-4H3. The van der Waals surface area contributed by atoms with Gasteiger partial charge in [-0.15, -0.1) is 0 Å². The van der Waals surface area contributed by atoms with Gasteiger partial charge in [-0.3, -0.25) is 4.98 Å². The molecule has 0 N–H and O–H groups in total. The molecule has 0 saturated heterocycles. The molecule has 1 aliphatic rings. The van der Waals surface area contributed by atoms with E-state index in [-0.39, 0.29) is 5.41 Å². The van der Waals surface area contributed by atoms with Crippen molar-refractivity contribution in [3.05, 3.63) is 64.6 Å². The Balaban J connectivity index is 1.72. The third kappa shape index (κ3) is 3.66. The van der Waals surface area contributed by atoms with Crippen LogP contribution in [0, 0.1) is 6.92 Å². The van der Waals surface area contributed by atoms with Gasteiger partial charge in [0.15, 0.2) is 0 Å². The zero-order valence-corrected chi connectivity index (χ0v) is 17.3. The number of fused-ring (bicyclic) bond motifs is 3. The fourth-order valence-corrected chi connectivity index (χ4v) is 4.76. The first kappa shape index (κ1) is 20.0. The molecule has 0 bridgehead atoms. The highest BCUT2D eigenvalue weighted by atomic mass is 19.4. The first-order valence-corrected chi connectivity index (χ1v) is 9.89. The number of alkyl halides is 3. The average Bonchev–Trinajstić information content (AvgIpc) is 2.92. The van der Waals surface area contributed by atoms with E-state index in [0.717, 1.165) is 31.3 Å². The number of pyridine rings is 1. The lowest BCUT2D eigenvalue weighted by Gasteiger charge is -2.37. The Bertz CT molecular complexity index is 1050. The molecule has 4 rings (SSSR count). The van der Waals surface area contributed by atoms with Gasteiger partial charge in [-0.2, -0.15) is 13.2 Å². The second kappa shape index (κ2) is 6.87. The number of nitrogens with zero attached hydrogens (tertiary/aromatic N) is 3. The Morgan fingerprint density at radius 3 is 2.55 bits per heavy atom. The van der Waals surface area contributed by atoms with Crippen molar-refractivity contribution < 1.29 is 13.2 Å². The number of benzene rings is 1. The number of aromatic nitrogens is 2. The van der Waals surface area contributed by atoms with Crippen molar-refractivity contribution in [1.82, 2.24) is 14.5 Å². The maximum absolute atomic E-state index is 12.8. The van der Waals surface area contributed by atoms with Gasteiger partial charge in [0.2, 0.25) is 0 Å². The van der Waals surface area contributed by atoms with E-state index in [1.54, 1.807) is 0 Å². The van der Waals surface area contributed by atoms with Gasteiger partial charge >= 0.3 is 6.18 Å². The predicted molar refractivity (Wildman–Crippen MR) is 109 cm³/mol. The molecule has 0 spiro atoms. The quantitative estimate of drug-likeness (QED) is 0.592. The van der Waals surface area contributed by atoms with Crippen LogP contribution in [0.4, 0.5) is 13.2 Å². The molecule has 154 valence electrons. The molecule has 3 nitrogen and oxygen atoms in total. The minimum atomic E-state index is -4.40. The van der Waals surface area contributed by atoms with Gasteiger partial charge in [-0.1, -0.05) is 31.5 Å². The summed E-state index contributed by atoms with van der Waals surface area (Å²) in [5.41, 5.74) is 5.10. The van der Waals surface area contributed by atoms with Crippen LogP contribution in [0.1, 0.15) is 41.9 Å². The Morgan fingerprint density at radius 2 is 1.90 bits per heavy atom. The van der Waals surface area contributed by atoms with Crippen molar-refractivity contribution in [3.63, 3.8) is 0 Å². The predicted octanol–water partition coefficient (Wildman–Crippen LogP) is 5.33. The van der Waals surface area contributed by atoms with Gasteiger partial charge in [-0.25, -0.2) is 0 Å². The van der Waals surface area contributed by atoms with Crippen molar-refractivity contribution in [3.8, 4) is 0 Å². The van der Waals surface area contributed by atoms with E-state index in [0.29, 0.717) is 6.42 Å². The number of aryl methyl sites for hydroxylation is 3. The molecule has 0 aliphatic carbocycles. The van der Waals surface area contributed by atoms with Gasteiger partial charge in [0.1, 0.15) is 5.69 Å². The van der Waals surface area contributed by atoms with Gasteiger partial charge in [0.05, 0.1) is 0 Å². The van der Waals surface area contributed by atoms with Crippen LogP contribution in [-0.4, -0.2) is 28.0 Å². The van der Waals surface area contributed by atoms with Crippen LogP contribution >= 0.6 is 0 Å². The Hall–Kier alpha value is -2.34. The molecule has 0 amide bonds. The van der Waals surface area contributed by atoms with Crippen LogP contribution in [-0.2, 0) is 31.1 Å². The molecular weight excluding hydrogens is 375 g/mol. The van der Waals surface area contributed by atoms with Gasteiger partial charge < -0.3 is 9.47 Å². The molecule has 1 aliphatic heterocycles. The van der Waals surface area contributed by atoms with E-state index >= 15 is 0 Å². The molecular formula is C23H26F3N3. The van der Waals surface area contributed by atoms with Crippen LogP contribution in [0.2, 0.25) is 0 Å². The lowest BCUT2D eigenvalue weighted by Crippen LogP contribution is -2.41. The fourth-order valence-electron chi connectivity index (χ4n) is 4.76. The van der Waals surface area contributed by atoms with E-state index in [2.05, 4.69) is 60.5 Å². The second-order valence-corrected chi connectivity index (χ2v) is 8.86. The molecule has 0 atom stereocenters. The van der Waals surface area contributed by atoms with E-state index in [9.17, 15) is 13.2 Å². The number of hydrogen-bond acceptors (Lipinski definition) is 2. The van der Waals surface area contributed by atoms with E-state index in [1.807, 2.05) is 0 Å². The smallest absolute Gasteiger partial charge is 0.343 e. The summed E-state index contributed by atoms with van der Waals surface area (Å²) in [5.74, 6) is 0. The number of rotatable bonds is 3. The summed E-state index contributed by atoms with van der Waals surface area (Å²) in [6.07, 6.45) is -2.41. The van der Waals surface area contributed by atoms with Crippen LogP contribution in [0.5, 0.6) is 0 Å². The SMILES string of the molecule is Cc1ccc2c(c1)c1c(n2CCc2ccc(C(F)(F)F)nc2)C(C)(C)CN(C)C1. The molecule has 2 aromatic heterocycles. The molecule has 3 aromatic rings. The lowest BCUT2D eigenvalue weighted by atomic mass is 9.82. The van der Waals surface area contributed by atoms with Crippen molar-refractivity contribution in [2.24, 2.45) is 0 Å². The summed E-state index contributed by atoms with van der Waals surface area (Å²) >= 11 is 0. The number of halogens is 3. The van der Waals surface area contributed by atoms with E-state index in [4.69, 9.17) is 0 Å². The highest BCUT2D eigenvalue weighted by molar-refractivity contribution is 5.87. The molecule has 1 aromatic carbocycles. The zero-order chi connectivity index (χ0) is 21.0. The lowest BCUT2D eigenvalue weighted by molar-refractivity contribution is -0.141. The largest absolute Gasteiger partial charge is 0.433 e. The maximum Gasteiger partial charge on any atom is 0.433 e. The van der Waals surface area contributed by atoms with Gasteiger partial charge in [0, 0.05) is 47.8 Å². The van der Waals surface area contributed by atoms with E-state index in [1.165, 1.54) is 40.0 Å². The zero-order valence-electron chi connectivity index (χ0n) is 17.3. The number of hydrogen-bond donors (Lipinski definition) is 0. The summed E-state index contributed by atoms with van der Waals surface area (Å²) in [4.78, 5) is 5.96. The molecule has 0 saturated carbocycles. The highest BCUT2D eigenvalue weighted by Crippen LogP contribution is 2.39. The van der Waals surface area contributed by atoms with Crippen molar-refractivity contribution in [2.45, 2.75) is 51.9 Å². The third-order valence-electron chi connectivity index (χ3n) is 5.80. The van der Waals surface area contributed by atoms with Gasteiger partial charge in [0.25, 0.3) is 0 Å². The van der Waals surface area contributed by atoms with Crippen molar-refractivity contribution in [1.29, 1.82) is 0 Å². The first-order valence-electron chi connectivity index (χ1n) is 9.89. The van der Waals surface area contributed by atoms with Crippen LogP contribution in [0.3, 0.4) is 0 Å².